The molecule has 104 valence electrons. The third-order valence-corrected chi connectivity index (χ3v) is 3.38. The van der Waals surface area contributed by atoms with Crippen molar-refractivity contribution in [3.63, 3.8) is 0 Å². The van der Waals surface area contributed by atoms with Gasteiger partial charge in [-0.3, -0.25) is 0 Å². The van der Waals surface area contributed by atoms with Crippen molar-refractivity contribution in [3.8, 4) is 0 Å². The number of ether oxygens (including phenoxy) is 2. The Bertz CT molecular complexity index is 432. The van der Waals surface area contributed by atoms with Gasteiger partial charge >= 0.3 is 5.97 Å². The molecule has 1 aliphatic rings. The van der Waals surface area contributed by atoms with E-state index in [1.807, 2.05) is 6.92 Å². The van der Waals surface area contributed by atoms with Crippen LogP contribution in [0.1, 0.15) is 17.3 Å². The van der Waals surface area contributed by atoms with Crippen molar-refractivity contribution in [2.24, 2.45) is 0 Å². The van der Waals surface area contributed by atoms with Crippen LogP contribution in [0.2, 0.25) is 5.02 Å². The van der Waals surface area contributed by atoms with Crippen LogP contribution in [0.5, 0.6) is 0 Å². The standard InChI is InChI=1S/C14H18ClNO3/c1-11(10-16-5-7-18-8-6-16)19-14(17)12-3-2-4-13(15)9-12/h2-4,9,11H,5-8,10H2,1H3/p+1. The molecule has 4 nitrogen and oxygen atoms in total. The average molecular weight is 285 g/mol. The molecule has 0 amide bonds. The second-order valence-electron chi connectivity index (χ2n) is 4.79. The first kappa shape index (κ1) is 14.3. The first-order chi connectivity index (χ1) is 9.15. The number of esters is 1. The monoisotopic (exact) mass is 284 g/mol. The number of quaternary nitrogens is 1. The smallest absolute Gasteiger partial charge is 0.338 e. The van der Waals surface area contributed by atoms with E-state index in [0.717, 1.165) is 32.8 Å². The zero-order chi connectivity index (χ0) is 13.7. The molecule has 1 heterocycles. The van der Waals surface area contributed by atoms with E-state index in [4.69, 9.17) is 21.1 Å². The Kier molecular flexibility index (Phi) is 5.19. The largest absolute Gasteiger partial charge is 0.453 e. The van der Waals surface area contributed by atoms with Crippen LogP contribution in [-0.4, -0.2) is 44.9 Å². The molecule has 1 saturated heterocycles. The van der Waals surface area contributed by atoms with Gasteiger partial charge in [0.05, 0.1) is 18.8 Å². The highest BCUT2D eigenvalue weighted by molar-refractivity contribution is 6.30. The van der Waals surface area contributed by atoms with Gasteiger partial charge in [0.15, 0.2) is 0 Å². The quantitative estimate of drug-likeness (QED) is 0.832. The van der Waals surface area contributed by atoms with Gasteiger partial charge in [0.1, 0.15) is 25.7 Å². The molecule has 0 bridgehead atoms. The van der Waals surface area contributed by atoms with Crippen LogP contribution in [0.15, 0.2) is 24.3 Å². The summed E-state index contributed by atoms with van der Waals surface area (Å²) in [7, 11) is 0. The average Bonchev–Trinajstić information content (AvgIpc) is 2.39. The summed E-state index contributed by atoms with van der Waals surface area (Å²) in [6.07, 6.45) is -0.111. The maximum absolute atomic E-state index is 11.9. The lowest BCUT2D eigenvalue weighted by molar-refractivity contribution is -0.910. The van der Waals surface area contributed by atoms with Crippen LogP contribution in [0.3, 0.4) is 0 Å². The van der Waals surface area contributed by atoms with Crippen molar-refractivity contribution in [2.45, 2.75) is 13.0 Å². The molecule has 1 N–H and O–H groups in total. The molecule has 0 aromatic heterocycles. The lowest BCUT2D eigenvalue weighted by Crippen LogP contribution is -3.15. The molecule has 1 unspecified atom stereocenters. The van der Waals surface area contributed by atoms with Crippen LogP contribution >= 0.6 is 11.6 Å². The molecule has 1 fully saturated rings. The Morgan fingerprint density at radius 3 is 2.89 bits per heavy atom. The van der Waals surface area contributed by atoms with Gasteiger partial charge in [-0.25, -0.2) is 4.79 Å². The fourth-order valence-corrected chi connectivity index (χ4v) is 2.37. The Labute approximate surface area is 118 Å². The number of hydrogen-bond donors (Lipinski definition) is 1. The second-order valence-corrected chi connectivity index (χ2v) is 5.23. The zero-order valence-corrected chi connectivity index (χ0v) is 11.8. The second kappa shape index (κ2) is 6.89. The van der Waals surface area contributed by atoms with Crippen molar-refractivity contribution in [1.29, 1.82) is 0 Å². The summed E-state index contributed by atoms with van der Waals surface area (Å²) in [5.74, 6) is -0.317. The SMILES string of the molecule is CC(C[NH+]1CCOCC1)OC(=O)c1cccc(Cl)c1. The summed E-state index contributed by atoms with van der Waals surface area (Å²) >= 11 is 5.86. The van der Waals surface area contributed by atoms with Crippen LogP contribution in [0.25, 0.3) is 0 Å². The molecule has 1 aromatic carbocycles. The lowest BCUT2D eigenvalue weighted by atomic mass is 10.2. The molecule has 19 heavy (non-hydrogen) atoms. The maximum atomic E-state index is 11.9. The number of benzene rings is 1. The number of nitrogens with one attached hydrogen (secondary N) is 1. The number of carbonyl (C=O) groups is 1. The summed E-state index contributed by atoms with van der Waals surface area (Å²) in [6, 6.07) is 6.82. The molecule has 5 heteroatoms. The molecule has 1 atom stereocenters. The summed E-state index contributed by atoms with van der Waals surface area (Å²) in [4.78, 5) is 13.3. The van der Waals surface area contributed by atoms with Gasteiger partial charge in [-0.15, -0.1) is 0 Å². The number of carbonyl (C=O) groups excluding carboxylic acids is 1. The summed E-state index contributed by atoms with van der Waals surface area (Å²) in [5, 5.41) is 0.543. The van der Waals surface area contributed by atoms with E-state index in [0.29, 0.717) is 10.6 Å². The Balaban J connectivity index is 1.84. The van der Waals surface area contributed by atoms with Crippen molar-refractivity contribution >= 4 is 17.6 Å². The third kappa shape index (κ3) is 4.49. The summed E-state index contributed by atoms with van der Waals surface area (Å²) < 4.78 is 10.7. The molecular formula is C14H19ClNO3+. The number of morpholine rings is 1. The van der Waals surface area contributed by atoms with Gasteiger partial charge in [0.25, 0.3) is 0 Å². The Morgan fingerprint density at radius 1 is 1.47 bits per heavy atom. The highest BCUT2D eigenvalue weighted by Gasteiger charge is 2.20. The Morgan fingerprint density at radius 2 is 2.21 bits per heavy atom. The fourth-order valence-electron chi connectivity index (χ4n) is 2.18. The van der Waals surface area contributed by atoms with Crippen molar-refractivity contribution in [1.82, 2.24) is 0 Å². The zero-order valence-electron chi connectivity index (χ0n) is 11.0. The van der Waals surface area contributed by atoms with E-state index in [9.17, 15) is 4.79 Å². The third-order valence-electron chi connectivity index (χ3n) is 3.14. The van der Waals surface area contributed by atoms with Crippen LogP contribution in [0, 0.1) is 0 Å². The fraction of sp³-hybridized carbons (Fsp3) is 0.500. The van der Waals surface area contributed by atoms with Crippen molar-refractivity contribution in [2.75, 3.05) is 32.8 Å². The van der Waals surface area contributed by atoms with E-state index in [1.165, 1.54) is 4.90 Å². The van der Waals surface area contributed by atoms with Crippen LogP contribution in [-0.2, 0) is 9.47 Å². The predicted molar refractivity (Wildman–Crippen MR) is 72.7 cm³/mol. The molecule has 0 saturated carbocycles. The molecule has 1 aromatic rings. The van der Waals surface area contributed by atoms with Crippen LogP contribution in [0.4, 0.5) is 0 Å². The number of halogens is 1. The molecular weight excluding hydrogens is 266 g/mol. The maximum Gasteiger partial charge on any atom is 0.338 e. The summed E-state index contributed by atoms with van der Waals surface area (Å²) in [5.41, 5.74) is 0.497. The van der Waals surface area contributed by atoms with Gasteiger partial charge in [0.2, 0.25) is 0 Å². The minimum Gasteiger partial charge on any atom is -0.453 e. The molecule has 2 rings (SSSR count). The minimum atomic E-state index is -0.317. The van der Waals surface area contributed by atoms with E-state index in [1.54, 1.807) is 24.3 Å². The molecule has 1 aliphatic heterocycles. The van der Waals surface area contributed by atoms with Gasteiger partial charge in [-0.2, -0.15) is 0 Å². The van der Waals surface area contributed by atoms with E-state index in [-0.39, 0.29) is 12.1 Å². The van der Waals surface area contributed by atoms with E-state index < -0.39 is 0 Å². The first-order valence-electron chi connectivity index (χ1n) is 6.53. The normalized spacial score (nSPS) is 18.0. The van der Waals surface area contributed by atoms with Crippen molar-refractivity contribution < 1.29 is 19.2 Å². The molecule has 0 spiro atoms. The van der Waals surface area contributed by atoms with Gasteiger partial charge in [0, 0.05) is 5.02 Å². The minimum absolute atomic E-state index is 0.111. The topological polar surface area (TPSA) is 40.0 Å². The number of rotatable bonds is 4. The highest BCUT2D eigenvalue weighted by Crippen LogP contribution is 2.12. The highest BCUT2D eigenvalue weighted by atomic mass is 35.5. The number of hydrogen-bond acceptors (Lipinski definition) is 3. The van der Waals surface area contributed by atoms with Gasteiger partial charge in [-0.05, 0) is 25.1 Å². The van der Waals surface area contributed by atoms with Crippen LogP contribution < -0.4 is 4.90 Å². The van der Waals surface area contributed by atoms with Gasteiger partial charge in [-0.1, -0.05) is 17.7 Å². The van der Waals surface area contributed by atoms with Gasteiger partial charge < -0.3 is 14.4 Å². The first-order valence-corrected chi connectivity index (χ1v) is 6.91. The van der Waals surface area contributed by atoms with Crippen molar-refractivity contribution in [3.05, 3.63) is 34.9 Å². The van der Waals surface area contributed by atoms with E-state index >= 15 is 0 Å². The summed E-state index contributed by atoms with van der Waals surface area (Å²) in [6.45, 7) is 6.24. The molecule has 0 radical (unpaired) electrons. The lowest BCUT2D eigenvalue weighted by Gasteiger charge is -2.26. The Hall–Kier alpha value is -1.10. The van der Waals surface area contributed by atoms with E-state index in [2.05, 4.69) is 0 Å². The molecule has 0 aliphatic carbocycles. The predicted octanol–water partition coefficient (Wildman–Crippen LogP) is 0.800.